The molecule has 0 amide bonds. The molecule has 216 valence electrons. The molecule has 2 aromatic heterocycles. The minimum atomic E-state index is -4.01. The molecule has 6 rings (SSSR count). The molecule has 2 aliphatic heterocycles. The van der Waals surface area contributed by atoms with Gasteiger partial charge in [-0.15, -0.1) is 0 Å². The molecule has 3 N–H and O–H groups in total. The van der Waals surface area contributed by atoms with Crippen molar-refractivity contribution in [3.05, 3.63) is 83.7 Å². The van der Waals surface area contributed by atoms with Gasteiger partial charge in [0.15, 0.2) is 9.34 Å². The number of aromatic nitrogens is 3. The number of hydrogen-bond acceptors (Lipinski definition) is 8. The third kappa shape index (κ3) is 5.80. The van der Waals surface area contributed by atoms with Crippen molar-refractivity contribution in [2.24, 2.45) is 5.14 Å². The van der Waals surface area contributed by atoms with E-state index in [4.69, 9.17) is 10.1 Å². The molecule has 0 saturated carbocycles. The molecule has 4 heterocycles. The van der Waals surface area contributed by atoms with Crippen LogP contribution in [0.4, 0.5) is 9.52 Å². The van der Waals surface area contributed by atoms with Crippen LogP contribution >= 0.6 is 11.3 Å². The minimum Gasteiger partial charge on any atom is -0.392 e. The van der Waals surface area contributed by atoms with Crippen molar-refractivity contribution >= 4 is 26.5 Å². The Balaban J connectivity index is 1.30. The molecule has 9 nitrogen and oxygen atoms in total. The Kier molecular flexibility index (Phi) is 7.68. The van der Waals surface area contributed by atoms with E-state index in [2.05, 4.69) is 19.4 Å². The summed E-state index contributed by atoms with van der Waals surface area (Å²) in [5.41, 5.74) is 4.21. The fourth-order valence-corrected chi connectivity index (χ4v) is 8.12. The van der Waals surface area contributed by atoms with Crippen LogP contribution in [0.1, 0.15) is 36.1 Å². The Labute approximate surface area is 243 Å². The monoisotopic (exact) mass is 596 g/mol. The van der Waals surface area contributed by atoms with E-state index in [9.17, 15) is 17.9 Å². The van der Waals surface area contributed by atoms with E-state index in [0.29, 0.717) is 49.8 Å². The van der Waals surface area contributed by atoms with Crippen LogP contribution in [0, 0.1) is 5.82 Å². The van der Waals surface area contributed by atoms with Gasteiger partial charge in [-0.05, 0) is 36.1 Å². The van der Waals surface area contributed by atoms with E-state index in [-0.39, 0.29) is 28.1 Å². The van der Waals surface area contributed by atoms with Crippen LogP contribution in [0.5, 0.6) is 0 Å². The van der Waals surface area contributed by atoms with Gasteiger partial charge in [-0.1, -0.05) is 54.7 Å². The van der Waals surface area contributed by atoms with E-state index >= 15 is 0 Å². The van der Waals surface area contributed by atoms with Gasteiger partial charge >= 0.3 is 0 Å². The number of nitrogens with two attached hydrogens (primary N) is 1. The number of benzene rings is 2. The zero-order chi connectivity index (χ0) is 28.7. The number of aliphatic hydroxyl groups excluding tert-OH is 1. The molecule has 2 fully saturated rings. The normalized spacial score (nSPS) is 20.3. The Hall–Kier alpha value is -3.16. The van der Waals surface area contributed by atoms with Gasteiger partial charge in [-0.3, -0.25) is 4.90 Å². The molecule has 0 unspecified atom stereocenters. The lowest BCUT2D eigenvalue weighted by Crippen LogP contribution is -2.50. The van der Waals surface area contributed by atoms with Crippen LogP contribution in [0.15, 0.2) is 65.3 Å². The fourth-order valence-electron chi connectivity index (χ4n) is 5.99. The summed E-state index contributed by atoms with van der Waals surface area (Å²) in [6.45, 7) is 5.47. The zero-order valence-corrected chi connectivity index (χ0v) is 24.4. The van der Waals surface area contributed by atoms with Gasteiger partial charge in [0.25, 0.3) is 0 Å². The Morgan fingerprint density at radius 2 is 1.93 bits per heavy atom. The third-order valence-corrected chi connectivity index (χ3v) is 10.7. The molecule has 41 heavy (non-hydrogen) atoms. The quantitative estimate of drug-likeness (QED) is 0.320. The predicted molar refractivity (Wildman–Crippen MR) is 157 cm³/mol. The van der Waals surface area contributed by atoms with Gasteiger partial charge in [0.05, 0.1) is 30.0 Å². The average Bonchev–Trinajstić information content (AvgIpc) is 3.69. The van der Waals surface area contributed by atoms with Gasteiger partial charge in [0.2, 0.25) is 10.0 Å². The summed E-state index contributed by atoms with van der Waals surface area (Å²) in [4.78, 5) is 13.7. The van der Waals surface area contributed by atoms with Crippen molar-refractivity contribution in [2.75, 3.05) is 31.1 Å². The first-order valence-corrected chi connectivity index (χ1v) is 16.1. The van der Waals surface area contributed by atoms with Crippen LogP contribution in [0.2, 0.25) is 0 Å². The van der Waals surface area contributed by atoms with E-state index < -0.39 is 10.0 Å². The lowest BCUT2D eigenvalue weighted by Gasteiger charge is -2.37. The lowest BCUT2D eigenvalue weighted by molar-refractivity contribution is 0.173. The first-order chi connectivity index (χ1) is 19.7. The van der Waals surface area contributed by atoms with Crippen molar-refractivity contribution in [1.29, 1.82) is 0 Å². The molecule has 0 spiro atoms. The second-order valence-corrected chi connectivity index (χ2v) is 13.6. The Morgan fingerprint density at radius 3 is 2.71 bits per heavy atom. The largest absolute Gasteiger partial charge is 0.392 e. The van der Waals surface area contributed by atoms with Gasteiger partial charge in [0.1, 0.15) is 5.82 Å². The first kappa shape index (κ1) is 28.0. The van der Waals surface area contributed by atoms with Gasteiger partial charge < -0.3 is 14.6 Å². The molecule has 2 aromatic carbocycles. The minimum absolute atomic E-state index is 0.0773. The molecule has 12 heteroatoms. The molecular formula is C29H33FN6O3S2. The molecule has 0 aliphatic carbocycles. The van der Waals surface area contributed by atoms with Crippen molar-refractivity contribution in [3.8, 4) is 11.3 Å². The standard InChI is InChI=1S/C29H33FN6O3S2/c1-19(27-28(41(31,38)39)40-29(33-27)35-13-12-34-17-23(37)14-22(34)16-35)24-4-2-3-5-25(24)26-15-32-18-36(26)11-10-20-6-8-21(30)9-7-20/h2-9,15,18-19,22-23,37H,10-14,16-17H2,1H3,(H2,31,38,39)/t19-,22-,23+/m0/s1. The SMILES string of the molecule is C[C@@H](c1ccccc1-c1cncn1CCc1ccc(F)cc1)c1nc(N2CCN3C[C@H](O)C[C@H]3C2)sc1S(N)(=O)=O. The number of nitrogens with zero attached hydrogens (tertiary/aromatic N) is 5. The number of fused-ring (bicyclic) bond motifs is 1. The number of anilines is 1. The van der Waals surface area contributed by atoms with E-state index in [1.54, 1.807) is 24.7 Å². The summed E-state index contributed by atoms with van der Waals surface area (Å²) in [5, 5.41) is 16.5. The van der Waals surface area contributed by atoms with Gasteiger partial charge in [-0.25, -0.2) is 27.9 Å². The molecule has 0 radical (unpaired) electrons. The molecule has 2 saturated heterocycles. The summed E-state index contributed by atoms with van der Waals surface area (Å²) in [5.74, 6) is -0.622. The van der Waals surface area contributed by atoms with E-state index in [1.165, 1.54) is 12.1 Å². The third-order valence-electron chi connectivity index (χ3n) is 8.11. The summed E-state index contributed by atoms with van der Waals surface area (Å²) in [6, 6.07) is 14.6. The highest BCUT2D eigenvalue weighted by Crippen LogP contribution is 2.40. The van der Waals surface area contributed by atoms with Crippen molar-refractivity contribution < 1.29 is 17.9 Å². The van der Waals surface area contributed by atoms with Crippen molar-refractivity contribution in [3.63, 3.8) is 0 Å². The molecule has 0 bridgehead atoms. The van der Waals surface area contributed by atoms with Crippen LogP contribution in [-0.2, 0) is 23.0 Å². The molecule has 2 aliphatic rings. The number of sulfonamides is 1. The second-order valence-electron chi connectivity index (χ2n) is 10.9. The van der Waals surface area contributed by atoms with Crippen LogP contribution in [0.25, 0.3) is 11.3 Å². The topological polar surface area (TPSA) is 118 Å². The van der Waals surface area contributed by atoms with E-state index in [0.717, 1.165) is 40.3 Å². The highest BCUT2D eigenvalue weighted by Gasteiger charge is 2.37. The fraction of sp³-hybridized carbons (Fsp3) is 0.379. The van der Waals surface area contributed by atoms with E-state index in [1.807, 2.05) is 31.2 Å². The van der Waals surface area contributed by atoms with Gasteiger partial charge in [-0.2, -0.15) is 0 Å². The summed E-state index contributed by atoms with van der Waals surface area (Å²) < 4.78 is 41.0. The second kappa shape index (κ2) is 11.3. The summed E-state index contributed by atoms with van der Waals surface area (Å²) in [7, 11) is -4.01. The summed E-state index contributed by atoms with van der Waals surface area (Å²) in [6.07, 6.45) is 4.66. The number of aryl methyl sites for hydroxylation is 2. The smallest absolute Gasteiger partial charge is 0.249 e. The number of hydrogen-bond donors (Lipinski definition) is 2. The van der Waals surface area contributed by atoms with Crippen molar-refractivity contribution in [1.82, 2.24) is 19.4 Å². The van der Waals surface area contributed by atoms with Crippen molar-refractivity contribution in [2.45, 2.75) is 48.6 Å². The van der Waals surface area contributed by atoms with Gasteiger partial charge in [0, 0.05) is 50.2 Å². The maximum Gasteiger partial charge on any atom is 0.249 e. The predicted octanol–water partition coefficient (Wildman–Crippen LogP) is 3.44. The molecular weight excluding hydrogens is 563 g/mol. The number of aliphatic hydroxyl groups is 1. The number of halogens is 1. The molecule has 3 atom stereocenters. The number of imidazole rings is 1. The molecule has 4 aromatic rings. The Morgan fingerprint density at radius 1 is 1.15 bits per heavy atom. The number of primary sulfonamides is 1. The van der Waals surface area contributed by atoms with Crippen LogP contribution < -0.4 is 10.0 Å². The highest BCUT2D eigenvalue weighted by atomic mass is 32.2. The zero-order valence-electron chi connectivity index (χ0n) is 22.7. The Bertz CT molecular complexity index is 1640. The highest BCUT2D eigenvalue weighted by molar-refractivity contribution is 7.91. The average molecular weight is 597 g/mol. The number of piperazine rings is 1. The first-order valence-electron chi connectivity index (χ1n) is 13.7. The van der Waals surface area contributed by atoms with Crippen LogP contribution in [0.3, 0.4) is 0 Å². The summed E-state index contributed by atoms with van der Waals surface area (Å²) >= 11 is 1.12. The maximum absolute atomic E-state index is 13.3. The number of thiazole rings is 1. The lowest BCUT2D eigenvalue weighted by atomic mass is 9.92. The number of rotatable bonds is 8. The van der Waals surface area contributed by atoms with Crippen LogP contribution in [-0.4, -0.2) is 71.3 Å². The maximum atomic E-state index is 13.3.